The van der Waals surface area contributed by atoms with Gasteiger partial charge in [-0.3, -0.25) is 0 Å². The SMILES string of the molecule is OCC(O)C(O)C(OCC1OC(CO)C(O)C(O)C1O)C(O)CO.OCC1OC(COCC2C(CO)OC(O)(CO)C2O)C(O)C(O)C1O. The molecular formula is C27H52O22. The first-order chi connectivity index (χ1) is 23.1. The molecule has 0 amide bonds. The number of hydrogen-bond acceptors (Lipinski definition) is 22. The van der Waals surface area contributed by atoms with Crippen molar-refractivity contribution in [2.75, 3.05) is 59.5 Å². The van der Waals surface area contributed by atoms with Gasteiger partial charge in [0.2, 0.25) is 5.79 Å². The van der Waals surface area contributed by atoms with Gasteiger partial charge in [0.15, 0.2) is 0 Å². The number of ether oxygens (including phenoxy) is 5. The Balaban J connectivity index is 0.000000341. The predicted molar refractivity (Wildman–Crippen MR) is 154 cm³/mol. The fourth-order valence-corrected chi connectivity index (χ4v) is 5.49. The van der Waals surface area contributed by atoms with Gasteiger partial charge in [0, 0.05) is 5.92 Å². The molecule has 17 N–H and O–H groups in total. The Morgan fingerprint density at radius 1 is 0.551 bits per heavy atom. The van der Waals surface area contributed by atoms with Crippen molar-refractivity contribution in [2.24, 2.45) is 5.92 Å². The largest absolute Gasteiger partial charge is 0.394 e. The van der Waals surface area contributed by atoms with Gasteiger partial charge in [-0.05, 0) is 0 Å². The molecule has 22 heteroatoms. The molecule has 18 atom stereocenters. The monoisotopic (exact) mass is 728 g/mol. The normalized spacial score (nSPS) is 42.2. The van der Waals surface area contributed by atoms with Crippen molar-refractivity contribution in [3.8, 4) is 0 Å². The molecule has 0 aromatic heterocycles. The second-order valence-corrected chi connectivity index (χ2v) is 12.0. The van der Waals surface area contributed by atoms with Crippen LogP contribution in [0.1, 0.15) is 0 Å². The lowest BCUT2D eigenvalue weighted by atomic mass is 9.95. The summed E-state index contributed by atoms with van der Waals surface area (Å²) in [4.78, 5) is 0. The molecule has 0 aromatic rings. The van der Waals surface area contributed by atoms with Gasteiger partial charge in [0.25, 0.3) is 0 Å². The van der Waals surface area contributed by atoms with Gasteiger partial charge in [-0.25, -0.2) is 0 Å². The number of aliphatic hydroxyl groups excluding tert-OH is 16. The maximum Gasteiger partial charge on any atom is 0.216 e. The molecule has 3 aliphatic rings. The standard InChI is InChI=1S/C14H26O11.C13H26O11/c15-1-7-6(13(21)14(22,5-17)25-7)3-23-4-9-11(19)12(20)10(18)8(2-16)24-9;14-1-5(17)9(19)13(6(18)2-15)23-4-8-11(21)12(22)10(20)7(3-16)24-8/h6-13,15-22H,1-5H2;5-22H,1-4H2. The van der Waals surface area contributed by atoms with E-state index in [2.05, 4.69) is 0 Å². The van der Waals surface area contributed by atoms with E-state index in [0.717, 1.165) is 0 Å². The molecule has 0 aromatic carbocycles. The zero-order valence-corrected chi connectivity index (χ0v) is 26.3. The Bertz CT molecular complexity index is 918. The van der Waals surface area contributed by atoms with E-state index in [4.69, 9.17) is 49.2 Å². The smallest absolute Gasteiger partial charge is 0.216 e. The van der Waals surface area contributed by atoms with Crippen molar-refractivity contribution < 1.29 is 110 Å². The fraction of sp³-hybridized carbons (Fsp3) is 1.00. The van der Waals surface area contributed by atoms with Crippen LogP contribution in [-0.4, -0.2) is 250 Å². The van der Waals surface area contributed by atoms with E-state index >= 15 is 0 Å². The lowest BCUT2D eigenvalue weighted by molar-refractivity contribution is -0.249. The second-order valence-electron chi connectivity index (χ2n) is 12.0. The van der Waals surface area contributed by atoms with Crippen LogP contribution in [0.3, 0.4) is 0 Å². The summed E-state index contributed by atoms with van der Waals surface area (Å²) in [6.45, 7) is -5.17. The van der Waals surface area contributed by atoms with Gasteiger partial charge in [-0.1, -0.05) is 0 Å². The molecule has 3 rings (SSSR count). The summed E-state index contributed by atoms with van der Waals surface area (Å²) < 4.78 is 26.0. The fourth-order valence-electron chi connectivity index (χ4n) is 5.49. The molecule has 18 unspecified atom stereocenters. The Hall–Kier alpha value is -0.880. The van der Waals surface area contributed by atoms with Crippen LogP contribution in [0.15, 0.2) is 0 Å². The van der Waals surface area contributed by atoms with Gasteiger partial charge < -0.3 is 110 Å². The Kier molecular flexibility index (Phi) is 18.4. The third-order valence-corrected chi connectivity index (χ3v) is 8.62. The van der Waals surface area contributed by atoms with Crippen molar-refractivity contribution in [1.82, 2.24) is 0 Å². The van der Waals surface area contributed by atoms with Crippen molar-refractivity contribution in [1.29, 1.82) is 0 Å². The highest BCUT2D eigenvalue weighted by atomic mass is 16.7. The Morgan fingerprint density at radius 3 is 1.43 bits per heavy atom. The molecule has 49 heavy (non-hydrogen) atoms. The van der Waals surface area contributed by atoms with E-state index in [9.17, 15) is 61.3 Å². The average Bonchev–Trinajstić information content (AvgIpc) is 3.36. The Labute approximate surface area is 279 Å². The molecule has 3 heterocycles. The summed E-state index contributed by atoms with van der Waals surface area (Å²) in [6, 6.07) is 0. The molecule has 0 spiro atoms. The maximum absolute atomic E-state index is 10.0. The summed E-state index contributed by atoms with van der Waals surface area (Å²) in [5.74, 6) is -3.06. The van der Waals surface area contributed by atoms with Crippen molar-refractivity contribution in [3.63, 3.8) is 0 Å². The number of aliphatic hydroxyl groups is 17. The third-order valence-electron chi connectivity index (χ3n) is 8.62. The van der Waals surface area contributed by atoms with Crippen LogP contribution >= 0.6 is 0 Å². The van der Waals surface area contributed by atoms with Crippen molar-refractivity contribution >= 4 is 0 Å². The average molecular weight is 729 g/mol. The quantitative estimate of drug-likeness (QED) is 0.0701. The molecule has 292 valence electrons. The van der Waals surface area contributed by atoms with E-state index in [1.54, 1.807) is 0 Å². The predicted octanol–water partition coefficient (Wildman–Crippen LogP) is -10.8. The highest BCUT2D eigenvalue weighted by Gasteiger charge is 2.53. The van der Waals surface area contributed by atoms with E-state index in [-0.39, 0.29) is 13.2 Å². The van der Waals surface area contributed by atoms with E-state index < -0.39 is 156 Å². The van der Waals surface area contributed by atoms with Crippen LogP contribution in [0.5, 0.6) is 0 Å². The summed E-state index contributed by atoms with van der Waals surface area (Å²) in [5.41, 5.74) is 0. The van der Waals surface area contributed by atoms with Gasteiger partial charge >= 0.3 is 0 Å². The van der Waals surface area contributed by atoms with Crippen molar-refractivity contribution in [3.05, 3.63) is 0 Å². The van der Waals surface area contributed by atoms with Gasteiger partial charge in [-0.2, -0.15) is 0 Å². The van der Waals surface area contributed by atoms with Crippen LogP contribution in [0.25, 0.3) is 0 Å². The summed E-state index contributed by atoms with van der Waals surface area (Å²) >= 11 is 0. The number of hydrogen-bond donors (Lipinski definition) is 17. The first-order valence-electron chi connectivity index (χ1n) is 15.4. The lowest BCUT2D eigenvalue weighted by Crippen LogP contribution is -2.60. The Morgan fingerprint density at radius 2 is 1.00 bits per heavy atom. The molecule has 22 nitrogen and oxygen atoms in total. The minimum absolute atomic E-state index is 0.205. The molecule has 3 fully saturated rings. The summed E-state index contributed by atoms with van der Waals surface area (Å²) in [6.07, 6.45) is -22.6. The van der Waals surface area contributed by atoms with Crippen molar-refractivity contribution in [2.45, 2.75) is 103 Å². The summed E-state index contributed by atoms with van der Waals surface area (Å²) in [7, 11) is 0. The third kappa shape index (κ3) is 10.8. The molecule has 0 saturated carbocycles. The van der Waals surface area contributed by atoms with E-state index in [0.29, 0.717) is 0 Å². The topological polar surface area (TPSA) is 390 Å². The minimum atomic E-state index is -2.20. The lowest BCUT2D eigenvalue weighted by Gasteiger charge is -2.40. The van der Waals surface area contributed by atoms with Gasteiger partial charge in [-0.15, -0.1) is 0 Å². The maximum atomic E-state index is 10.0. The van der Waals surface area contributed by atoms with Crippen LogP contribution in [0.4, 0.5) is 0 Å². The minimum Gasteiger partial charge on any atom is -0.394 e. The zero-order valence-electron chi connectivity index (χ0n) is 26.3. The molecule has 3 saturated heterocycles. The number of rotatable bonds is 16. The summed E-state index contributed by atoms with van der Waals surface area (Å²) in [5, 5.41) is 162. The first kappa shape index (κ1) is 44.3. The van der Waals surface area contributed by atoms with Crippen LogP contribution in [-0.2, 0) is 23.7 Å². The van der Waals surface area contributed by atoms with Crippen LogP contribution < -0.4 is 0 Å². The van der Waals surface area contributed by atoms with E-state index in [1.807, 2.05) is 0 Å². The molecule has 0 aliphatic carbocycles. The van der Waals surface area contributed by atoms with Crippen LogP contribution in [0.2, 0.25) is 0 Å². The van der Waals surface area contributed by atoms with Gasteiger partial charge in [0.05, 0.1) is 65.6 Å². The highest BCUT2D eigenvalue weighted by molar-refractivity contribution is 4.96. The molecule has 3 aliphatic heterocycles. The van der Waals surface area contributed by atoms with E-state index in [1.165, 1.54) is 0 Å². The molecule has 0 bridgehead atoms. The molecule has 0 radical (unpaired) electrons. The van der Waals surface area contributed by atoms with Crippen LogP contribution in [0, 0.1) is 5.92 Å². The molecular weight excluding hydrogens is 676 g/mol. The van der Waals surface area contributed by atoms with Gasteiger partial charge in [0.1, 0.15) is 91.6 Å². The first-order valence-corrected chi connectivity index (χ1v) is 15.4. The second kappa shape index (κ2) is 20.4. The zero-order chi connectivity index (χ0) is 37.2. The highest BCUT2D eigenvalue weighted by Crippen LogP contribution is 2.34.